The Kier molecular flexibility index (Phi) is 6.31. The lowest BCUT2D eigenvalue weighted by molar-refractivity contribution is -0.124. The number of benzene rings is 1. The number of halogens is 1. The Morgan fingerprint density at radius 2 is 1.87 bits per heavy atom. The summed E-state index contributed by atoms with van der Waals surface area (Å²) in [4.78, 5) is 24.5. The summed E-state index contributed by atoms with van der Waals surface area (Å²) in [5.41, 5.74) is 3.71. The molecule has 2 rings (SSSR count). The second-order valence-electron chi connectivity index (χ2n) is 4.74. The van der Waals surface area contributed by atoms with Crippen LogP contribution >= 0.6 is 22.9 Å². The van der Waals surface area contributed by atoms with Crippen LogP contribution in [0.2, 0.25) is 5.02 Å². The number of hydrogen-bond acceptors (Lipinski definition) is 4. The second-order valence-corrected chi connectivity index (χ2v) is 6.09. The van der Waals surface area contributed by atoms with Crippen molar-refractivity contribution in [2.24, 2.45) is 5.10 Å². The maximum Gasteiger partial charge on any atom is 0.240 e. The minimum Gasteiger partial charge on any atom is -0.325 e. The molecular weight excluding hydrogens is 334 g/mol. The summed E-state index contributed by atoms with van der Waals surface area (Å²) in [7, 11) is 0. The molecule has 1 heterocycles. The van der Waals surface area contributed by atoms with Gasteiger partial charge in [0.1, 0.15) is 0 Å². The highest BCUT2D eigenvalue weighted by molar-refractivity contribution is 7.12. The van der Waals surface area contributed by atoms with Crippen molar-refractivity contribution >= 4 is 46.2 Å². The monoisotopic (exact) mass is 349 g/mol. The van der Waals surface area contributed by atoms with Gasteiger partial charge in [-0.05, 0) is 30.5 Å². The van der Waals surface area contributed by atoms with Gasteiger partial charge in [-0.3, -0.25) is 9.59 Å². The fourth-order valence-corrected chi connectivity index (χ4v) is 2.60. The van der Waals surface area contributed by atoms with Crippen molar-refractivity contribution in [2.75, 3.05) is 5.32 Å². The predicted molar refractivity (Wildman–Crippen MR) is 94.0 cm³/mol. The minimum absolute atomic E-state index is 0.0531. The van der Waals surface area contributed by atoms with Crippen LogP contribution in [0.3, 0.4) is 0 Å². The minimum atomic E-state index is -0.310. The predicted octanol–water partition coefficient (Wildman–Crippen LogP) is 3.66. The Labute approximate surface area is 143 Å². The molecule has 2 aromatic rings. The topological polar surface area (TPSA) is 70.6 Å². The van der Waals surface area contributed by atoms with Gasteiger partial charge < -0.3 is 5.32 Å². The first-order valence-electron chi connectivity index (χ1n) is 6.97. The number of nitrogens with zero attached hydrogens (tertiary/aromatic N) is 1. The largest absolute Gasteiger partial charge is 0.325 e. The van der Waals surface area contributed by atoms with E-state index in [9.17, 15) is 9.59 Å². The van der Waals surface area contributed by atoms with Gasteiger partial charge in [0.05, 0.1) is 16.4 Å². The average molecular weight is 350 g/mol. The Hall–Kier alpha value is -2.18. The third-order valence-electron chi connectivity index (χ3n) is 2.95. The van der Waals surface area contributed by atoms with Crippen LogP contribution in [-0.4, -0.2) is 17.5 Å². The maximum absolute atomic E-state index is 11.8. The highest BCUT2D eigenvalue weighted by Crippen LogP contribution is 2.20. The fraction of sp³-hybridized carbons (Fsp3) is 0.188. The Morgan fingerprint density at radius 1 is 1.13 bits per heavy atom. The first-order chi connectivity index (χ1) is 11.1. The molecule has 0 unspecified atom stereocenters. The number of rotatable bonds is 6. The van der Waals surface area contributed by atoms with Gasteiger partial charge in [-0.1, -0.05) is 29.8 Å². The highest BCUT2D eigenvalue weighted by atomic mass is 35.5. The molecule has 0 saturated heterocycles. The van der Waals surface area contributed by atoms with Crippen molar-refractivity contribution in [3.63, 3.8) is 0 Å². The fourth-order valence-electron chi connectivity index (χ4n) is 1.74. The van der Waals surface area contributed by atoms with Gasteiger partial charge in [-0.2, -0.15) is 5.10 Å². The molecule has 23 heavy (non-hydrogen) atoms. The lowest BCUT2D eigenvalue weighted by atomic mass is 10.2. The van der Waals surface area contributed by atoms with Crippen LogP contribution in [0.25, 0.3) is 0 Å². The third-order valence-corrected chi connectivity index (χ3v) is 4.26. The maximum atomic E-state index is 11.8. The number of amides is 2. The molecule has 1 aromatic carbocycles. The summed E-state index contributed by atoms with van der Waals surface area (Å²) in [6, 6.07) is 10.8. The normalized spacial score (nSPS) is 11.1. The van der Waals surface area contributed by atoms with E-state index in [1.54, 1.807) is 35.6 Å². The Bertz CT molecular complexity index is 714. The highest BCUT2D eigenvalue weighted by Gasteiger charge is 2.08. The zero-order chi connectivity index (χ0) is 16.7. The van der Waals surface area contributed by atoms with Crippen LogP contribution in [0.1, 0.15) is 24.6 Å². The van der Waals surface area contributed by atoms with Crippen LogP contribution in [0.4, 0.5) is 5.69 Å². The molecule has 0 radical (unpaired) electrons. The standard InChI is InChI=1S/C16H16ClN3O2S/c1-11(14-7-4-10-23-14)19-20-16(22)9-8-15(21)18-13-6-3-2-5-12(13)17/h2-7,10H,8-9H2,1H3,(H,18,21)(H,20,22)/b19-11+. The molecule has 120 valence electrons. The van der Waals surface area contributed by atoms with E-state index in [1.807, 2.05) is 24.4 Å². The molecule has 7 heteroatoms. The molecule has 0 aliphatic heterocycles. The second kappa shape index (κ2) is 8.45. The smallest absolute Gasteiger partial charge is 0.240 e. The van der Waals surface area contributed by atoms with Crippen molar-refractivity contribution in [1.82, 2.24) is 5.43 Å². The van der Waals surface area contributed by atoms with Crippen molar-refractivity contribution in [2.45, 2.75) is 19.8 Å². The number of hydrogen-bond donors (Lipinski definition) is 2. The average Bonchev–Trinajstić information content (AvgIpc) is 3.07. The van der Waals surface area contributed by atoms with E-state index in [0.717, 1.165) is 10.6 Å². The lowest BCUT2D eigenvalue weighted by Gasteiger charge is -2.06. The molecule has 5 nitrogen and oxygen atoms in total. The van der Waals surface area contributed by atoms with Crippen LogP contribution in [0.15, 0.2) is 46.9 Å². The Balaban J connectivity index is 1.77. The summed E-state index contributed by atoms with van der Waals surface area (Å²) < 4.78 is 0. The third kappa shape index (κ3) is 5.50. The summed E-state index contributed by atoms with van der Waals surface area (Å²) in [5.74, 6) is -0.581. The van der Waals surface area contributed by atoms with E-state index < -0.39 is 0 Å². The SMILES string of the molecule is C/C(=N\NC(=O)CCC(=O)Nc1ccccc1Cl)c1cccs1. The lowest BCUT2D eigenvalue weighted by Crippen LogP contribution is -2.21. The molecule has 2 N–H and O–H groups in total. The van der Waals surface area contributed by atoms with Gasteiger partial charge in [-0.15, -0.1) is 11.3 Å². The Morgan fingerprint density at radius 3 is 2.57 bits per heavy atom. The first-order valence-corrected chi connectivity index (χ1v) is 8.23. The van der Waals surface area contributed by atoms with Gasteiger partial charge in [0, 0.05) is 17.7 Å². The van der Waals surface area contributed by atoms with Gasteiger partial charge in [0.2, 0.25) is 11.8 Å². The van der Waals surface area contributed by atoms with E-state index in [4.69, 9.17) is 11.6 Å². The van der Waals surface area contributed by atoms with Crippen molar-refractivity contribution in [3.8, 4) is 0 Å². The molecule has 2 amide bonds. The quantitative estimate of drug-likeness (QED) is 0.617. The number of para-hydroxylation sites is 1. The summed E-state index contributed by atoms with van der Waals surface area (Å²) in [6.07, 6.45) is 0.113. The van der Waals surface area contributed by atoms with Gasteiger partial charge in [0.25, 0.3) is 0 Å². The molecule has 0 aliphatic rings. The van der Waals surface area contributed by atoms with Crippen molar-refractivity contribution < 1.29 is 9.59 Å². The van der Waals surface area contributed by atoms with Crippen LogP contribution in [-0.2, 0) is 9.59 Å². The summed E-state index contributed by atoms with van der Waals surface area (Å²) >= 11 is 7.50. The van der Waals surface area contributed by atoms with Crippen molar-refractivity contribution in [1.29, 1.82) is 0 Å². The molecule has 0 bridgehead atoms. The number of thiophene rings is 1. The van der Waals surface area contributed by atoms with Gasteiger partial charge in [0.15, 0.2) is 0 Å². The molecule has 0 spiro atoms. The number of anilines is 1. The number of carbonyl (C=O) groups excluding carboxylic acids is 2. The van der Waals surface area contributed by atoms with E-state index in [0.29, 0.717) is 10.7 Å². The molecule has 1 aromatic heterocycles. The van der Waals surface area contributed by atoms with Crippen LogP contribution in [0, 0.1) is 0 Å². The van der Waals surface area contributed by atoms with Crippen LogP contribution in [0.5, 0.6) is 0 Å². The van der Waals surface area contributed by atoms with Crippen molar-refractivity contribution in [3.05, 3.63) is 51.7 Å². The first kappa shape index (κ1) is 17.2. The number of hydrazone groups is 1. The van der Waals surface area contributed by atoms with E-state index >= 15 is 0 Å². The zero-order valence-corrected chi connectivity index (χ0v) is 14.1. The molecule has 0 fully saturated rings. The molecular formula is C16H16ClN3O2S. The van der Waals surface area contributed by atoms with E-state index in [2.05, 4.69) is 15.8 Å². The number of carbonyl (C=O) groups is 2. The van der Waals surface area contributed by atoms with E-state index in [-0.39, 0.29) is 24.7 Å². The summed E-state index contributed by atoms with van der Waals surface area (Å²) in [6.45, 7) is 1.82. The van der Waals surface area contributed by atoms with Gasteiger partial charge in [-0.25, -0.2) is 5.43 Å². The van der Waals surface area contributed by atoms with Crippen LogP contribution < -0.4 is 10.7 Å². The molecule has 0 saturated carbocycles. The number of nitrogens with one attached hydrogen (secondary N) is 2. The molecule has 0 aliphatic carbocycles. The molecule has 0 atom stereocenters. The summed E-state index contributed by atoms with van der Waals surface area (Å²) in [5, 5.41) is 9.08. The van der Waals surface area contributed by atoms with Gasteiger partial charge >= 0.3 is 0 Å². The zero-order valence-electron chi connectivity index (χ0n) is 12.5. The van der Waals surface area contributed by atoms with E-state index in [1.165, 1.54) is 0 Å².